The maximum Gasteiger partial charge on any atom is 0.170 e. The van der Waals surface area contributed by atoms with Crippen molar-refractivity contribution in [3.8, 4) is 5.75 Å². The van der Waals surface area contributed by atoms with E-state index in [9.17, 15) is 4.79 Å². The normalized spacial score (nSPS) is 12.3. The van der Waals surface area contributed by atoms with E-state index in [1.54, 1.807) is 0 Å². The quantitative estimate of drug-likeness (QED) is 0.760. The maximum absolute atomic E-state index is 11.7. The van der Waals surface area contributed by atoms with Gasteiger partial charge in [-0.25, -0.2) is 0 Å². The Morgan fingerprint density at radius 3 is 2.14 bits per heavy atom. The van der Waals surface area contributed by atoms with E-state index < -0.39 is 0 Å². The van der Waals surface area contributed by atoms with Crippen LogP contribution >= 0.6 is 0 Å². The molecule has 1 aromatic rings. The predicted octanol–water partition coefficient (Wildman–Crippen LogP) is 5.03. The summed E-state index contributed by atoms with van der Waals surface area (Å²) >= 11 is 0. The predicted molar refractivity (Wildman–Crippen MR) is 89.3 cm³/mol. The molecule has 1 rings (SSSR count). The second-order valence-electron chi connectivity index (χ2n) is 7.79. The zero-order valence-electron chi connectivity index (χ0n) is 14.7. The second kappa shape index (κ2) is 6.64. The molecular weight excluding hydrogens is 260 g/mol. The molecule has 0 atom stereocenters. The van der Waals surface area contributed by atoms with Crippen LogP contribution in [0.2, 0.25) is 0 Å². The number of rotatable bonds is 5. The number of hydrogen-bond donors (Lipinski definition) is 0. The summed E-state index contributed by atoms with van der Waals surface area (Å²) in [6.45, 7) is 15.3. The monoisotopic (exact) mass is 290 g/mol. The Bertz CT molecular complexity index is 487. The molecule has 0 radical (unpaired) electrons. The average molecular weight is 290 g/mol. The molecule has 118 valence electrons. The van der Waals surface area contributed by atoms with E-state index >= 15 is 0 Å². The molecule has 0 aromatic heterocycles. The first-order valence-corrected chi connectivity index (χ1v) is 7.85. The third-order valence-corrected chi connectivity index (χ3v) is 3.57. The fourth-order valence-electron chi connectivity index (χ4n) is 2.22. The summed E-state index contributed by atoms with van der Waals surface area (Å²) in [7, 11) is 0. The Balaban J connectivity index is 3.06. The highest BCUT2D eigenvalue weighted by atomic mass is 16.5. The van der Waals surface area contributed by atoms with Gasteiger partial charge in [0.25, 0.3) is 0 Å². The summed E-state index contributed by atoms with van der Waals surface area (Å²) in [4.78, 5) is 11.7. The standard InChI is InChI=1S/C19H30O2/c1-8-9-15(20)13-21-17-11-10-14(18(2,3)4)12-16(17)19(5,6)7/h10-12H,8-9,13H2,1-7H3. The molecule has 0 unspecified atom stereocenters. The number of carbonyl (C=O) groups excluding carboxylic acids is 1. The lowest BCUT2D eigenvalue weighted by Crippen LogP contribution is -2.19. The first kappa shape index (κ1) is 17.7. The molecule has 0 N–H and O–H groups in total. The molecule has 0 saturated heterocycles. The fourth-order valence-corrected chi connectivity index (χ4v) is 2.22. The van der Waals surface area contributed by atoms with Gasteiger partial charge in [0.05, 0.1) is 0 Å². The van der Waals surface area contributed by atoms with Crippen molar-refractivity contribution in [2.75, 3.05) is 6.61 Å². The van der Waals surface area contributed by atoms with Gasteiger partial charge in [0.15, 0.2) is 5.78 Å². The third-order valence-electron chi connectivity index (χ3n) is 3.57. The minimum Gasteiger partial charge on any atom is -0.486 e. The third kappa shape index (κ3) is 5.18. The number of benzene rings is 1. The van der Waals surface area contributed by atoms with Crippen molar-refractivity contribution >= 4 is 5.78 Å². The number of Topliss-reactive ketones (excluding diaryl/α,β-unsaturated/α-hetero) is 1. The van der Waals surface area contributed by atoms with Gasteiger partial charge in [-0.05, 0) is 34.4 Å². The van der Waals surface area contributed by atoms with E-state index in [4.69, 9.17) is 4.74 Å². The molecule has 0 spiro atoms. The highest BCUT2D eigenvalue weighted by molar-refractivity contribution is 5.79. The number of hydrogen-bond acceptors (Lipinski definition) is 2. The van der Waals surface area contributed by atoms with Crippen molar-refractivity contribution in [1.82, 2.24) is 0 Å². The van der Waals surface area contributed by atoms with Gasteiger partial charge >= 0.3 is 0 Å². The Labute approximate surface area is 129 Å². The smallest absolute Gasteiger partial charge is 0.170 e. The fraction of sp³-hybridized carbons (Fsp3) is 0.632. The van der Waals surface area contributed by atoms with Crippen LogP contribution in [0.4, 0.5) is 0 Å². The zero-order valence-corrected chi connectivity index (χ0v) is 14.7. The highest BCUT2D eigenvalue weighted by Gasteiger charge is 2.23. The number of ketones is 1. The van der Waals surface area contributed by atoms with Crippen LogP contribution in [0.15, 0.2) is 18.2 Å². The van der Waals surface area contributed by atoms with Crippen molar-refractivity contribution < 1.29 is 9.53 Å². The van der Waals surface area contributed by atoms with Crippen molar-refractivity contribution in [3.05, 3.63) is 29.3 Å². The molecule has 2 nitrogen and oxygen atoms in total. The van der Waals surface area contributed by atoms with Crippen LogP contribution in [0.25, 0.3) is 0 Å². The summed E-state index contributed by atoms with van der Waals surface area (Å²) in [6.07, 6.45) is 1.46. The molecule has 0 amide bonds. The van der Waals surface area contributed by atoms with Gasteiger partial charge in [-0.1, -0.05) is 60.6 Å². The van der Waals surface area contributed by atoms with E-state index in [-0.39, 0.29) is 23.2 Å². The van der Waals surface area contributed by atoms with Gasteiger partial charge in [0, 0.05) is 6.42 Å². The molecule has 0 aliphatic rings. The largest absolute Gasteiger partial charge is 0.486 e. The summed E-state index contributed by atoms with van der Waals surface area (Å²) < 4.78 is 5.80. The van der Waals surface area contributed by atoms with Gasteiger partial charge in [0.2, 0.25) is 0 Å². The molecular formula is C19H30O2. The molecule has 0 aliphatic carbocycles. The Kier molecular flexibility index (Phi) is 5.61. The van der Waals surface area contributed by atoms with Crippen molar-refractivity contribution in [2.24, 2.45) is 0 Å². The lowest BCUT2D eigenvalue weighted by atomic mass is 9.80. The van der Waals surface area contributed by atoms with E-state index in [0.717, 1.165) is 12.2 Å². The van der Waals surface area contributed by atoms with Crippen LogP contribution in [0.5, 0.6) is 5.75 Å². The topological polar surface area (TPSA) is 26.3 Å². The van der Waals surface area contributed by atoms with Gasteiger partial charge < -0.3 is 4.74 Å². The molecule has 0 bridgehead atoms. The van der Waals surface area contributed by atoms with Gasteiger partial charge in [-0.3, -0.25) is 4.79 Å². The van der Waals surface area contributed by atoms with Crippen LogP contribution in [0.3, 0.4) is 0 Å². The molecule has 0 heterocycles. The number of ether oxygens (including phenoxy) is 1. The maximum atomic E-state index is 11.7. The lowest BCUT2D eigenvalue weighted by molar-refractivity contribution is -0.121. The molecule has 1 aromatic carbocycles. The van der Waals surface area contributed by atoms with Crippen LogP contribution in [-0.2, 0) is 15.6 Å². The zero-order chi connectivity index (χ0) is 16.3. The van der Waals surface area contributed by atoms with Crippen molar-refractivity contribution in [1.29, 1.82) is 0 Å². The lowest BCUT2D eigenvalue weighted by Gasteiger charge is -2.27. The summed E-state index contributed by atoms with van der Waals surface area (Å²) in [5, 5.41) is 0. The van der Waals surface area contributed by atoms with E-state index in [0.29, 0.717) is 6.42 Å². The molecule has 0 saturated carbocycles. The molecule has 0 fully saturated rings. The molecule has 2 heteroatoms. The van der Waals surface area contributed by atoms with Crippen LogP contribution in [-0.4, -0.2) is 12.4 Å². The molecule has 21 heavy (non-hydrogen) atoms. The summed E-state index contributed by atoms with van der Waals surface area (Å²) in [6, 6.07) is 6.34. The first-order valence-electron chi connectivity index (χ1n) is 7.85. The van der Waals surface area contributed by atoms with Crippen molar-refractivity contribution in [3.63, 3.8) is 0 Å². The Hall–Kier alpha value is -1.31. The minimum atomic E-state index is -0.00953. The van der Waals surface area contributed by atoms with Crippen LogP contribution in [0, 0.1) is 0 Å². The first-order chi connectivity index (χ1) is 9.55. The highest BCUT2D eigenvalue weighted by Crippen LogP contribution is 2.35. The Morgan fingerprint density at radius 2 is 1.67 bits per heavy atom. The van der Waals surface area contributed by atoms with E-state index in [1.807, 2.05) is 13.0 Å². The molecule has 0 aliphatic heterocycles. The summed E-state index contributed by atoms with van der Waals surface area (Å²) in [5.41, 5.74) is 2.56. The second-order valence-corrected chi connectivity index (χ2v) is 7.79. The number of carbonyl (C=O) groups is 1. The van der Waals surface area contributed by atoms with Crippen LogP contribution < -0.4 is 4.74 Å². The Morgan fingerprint density at radius 1 is 1.05 bits per heavy atom. The summed E-state index contributed by atoms with van der Waals surface area (Å²) in [5.74, 6) is 0.997. The van der Waals surface area contributed by atoms with Crippen molar-refractivity contribution in [2.45, 2.75) is 72.1 Å². The van der Waals surface area contributed by atoms with Gasteiger partial charge in [-0.15, -0.1) is 0 Å². The van der Waals surface area contributed by atoms with E-state index in [1.165, 1.54) is 11.1 Å². The van der Waals surface area contributed by atoms with Gasteiger partial charge in [0.1, 0.15) is 12.4 Å². The minimum absolute atomic E-state index is 0.00953. The average Bonchev–Trinajstić information content (AvgIpc) is 2.34. The van der Waals surface area contributed by atoms with E-state index in [2.05, 4.69) is 53.7 Å². The van der Waals surface area contributed by atoms with Crippen LogP contribution in [0.1, 0.15) is 72.4 Å². The van der Waals surface area contributed by atoms with Gasteiger partial charge in [-0.2, -0.15) is 0 Å². The SMILES string of the molecule is CCCC(=O)COc1ccc(C(C)(C)C)cc1C(C)(C)C.